The topological polar surface area (TPSA) is 52.6 Å². The summed E-state index contributed by atoms with van der Waals surface area (Å²) in [6, 6.07) is 17.4. The number of rotatable bonds is 17. The maximum Gasteiger partial charge on any atom is 0.311 e. The van der Waals surface area contributed by atoms with Crippen molar-refractivity contribution in [3.8, 4) is 16.9 Å². The Morgan fingerprint density at radius 3 is 1.91 bits per heavy atom. The lowest BCUT2D eigenvalue weighted by Gasteiger charge is -2.10. The number of hydrogen-bond acceptors (Lipinski definition) is 4. The predicted molar refractivity (Wildman–Crippen MR) is 134 cm³/mol. The molecule has 0 saturated carbocycles. The molecule has 0 amide bonds. The number of ether oxygens (including phenoxy) is 2. The second kappa shape index (κ2) is 16.9. The Hall–Kier alpha value is -2.62. The molecule has 4 nitrogen and oxygen atoms in total. The van der Waals surface area contributed by atoms with Crippen LogP contribution in [0.5, 0.6) is 5.75 Å². The Morgan fingerprint density at radius 1 is 0.636 bits per heavy atom. The average molecular weight is 453 g/mol. The van der Waals surface area contributed by atoms with Gasteiger partial charge in [0.25, 0.3) is 0 Å². The third-order valence-electron chi connectivity index (χ3n) is 5.72. The molecule has 33 heavy (non-hydrogen) atoms. The molecule has 0 radical (unpaired) electrons. The molecule has 0 N–H and O–H groups in total. The van der Waals surface area contributed by atoms with Crippen molar-refractivity contribution >= 4 is 11.9 Å². The first-order valence-electron chi connectivity index (χ1n) is 12.7. The van der Waals surface area contributed by atoms with Gasteiger partial charge in [0.05, 0.1) is 6.61 Å². The lowest BCUT2D eigenvalue weighted by atomic mass is 10.0. The Kier molecular flexibility index (Phi) is 13.7. The van der Waals surface area contributed by atoms with Crippen molar-refractivity contribution in [1.82, 2.24) is 0 Å². The molecule has 2 aromatic carbocycles. The molecule has 2 rings (SSSR count). The van der Waals surface area contributed by atoms with E-state index in [1.54, 1.807) is 0 Å². The van der Waals surface area contributed by atoms with E-state index in [1.165, 1.54) is 44.9 Å². The van der Waals surface area contributed by atoms with Gasteiger partial charge in [0, 0.05) is 18.4 Å². The molecule has 0 aromatic heterocycles. The third-order valence-corrected chi connectivity index (χ3v) is 5.72. The lowest BCUT2D eigenvalue weighted by Crippen LogP contribution is -2.09. The number of unbranched alkanes of at least 4 members (excludes halogenated alkanes) is 9. The van der Waals surface area contributed by atoms with Crippen LogP contribution in [0.25, 0.3) is 11.1 Å². The predicted octanol–water partition coefficient (Wildman–Crippen LogP) is 7.89. The molecule has 180 valence electrons. The zero-order valence-corrected chi connectivity index (χ0v) is 20.2. The van der Waals surface area contributed by atoms with Crippen molar-refractivity contribution in [2.24, 2.45) is 0 Å². The highest BCUT2D eigenvalue weighted by atomic mass is 16.5. The maximum absolute atomic E-state index is 12.3. The summed E-state index contributed by atoms with van der Waals surface area (Å²) >= 11 is 0. The highest BCUT2D eigenvalue weighted by Gasteiger charge is 2.11. The van der Waals surface area contributed by atoms with Crippen LogP contribution in [0.15, 0.2) is 54.6 Å². The Morgan fingerprint density at radius 2 is 1.21 bits per heavy atom. The fourth-order valence-corrected chi connectivity index (χ4v) is 3.80. The fraction of sp³-hybridized carbons (Fsp3) is 0.517. The monoisotopic (exact) mass is 452 g/mol. The van der Waals surface area contributed by atoms with Gasteiger partial charge in [-0.15, -0.1) is 0 Å². The summed E-state index contributed by atoms with van der Waals surface area (Å²) in [6.07, 6.45) is 13.1. The maximum atomic E-state index is 12.3. The summed E-state index contributed by atoms with van der Waals surface area (Å²) in [4.78, 5) is 24.2. The minimum atomic E-state index is -0.276. The van der Waals surface area contributed by atoms with Gasteiger partial charge in [-0.1, -0.05) is 107 Å². The summed E-state index contributed by atoms with van der Waals surface area (Å²) < 4.78 is 10.9. The average Bonchev–Trinajstić information content (AvgIpc) is 2.84. The number of para-hydroxylation sites is 1. The number of carbonyl (C=O) groups excluding carboxylic acids is 2. The van der Waals surface area contributed by atoms with Gasteiger partial charge in [0.2, 0.25) is 0 Å². The van der Waals surface area contributed by atoms with Crippen molar-refractivity contribution in [3.63, 3.8) is 0 Å². The quantitative estimate of drug-likeness (QED) is 0.139. The van der Waals surface area contributed by atoms with Gasteiger partial charge < -0.3 is 9.47 Å². The smallest absolute Gasteiger partial charge is 0.311 e. The second-order valence-electron chi connectivity index (χ2n) is 8.59. The van der Waals surface area contributed by atoms with Crippen LogP contribution in [0.1, 0.15) is 90.4 Å². The van der Waals surface area contributed by atoms with Gasteiger partial charge in [0.15, 0.2) is 0 Å². The van der Waals surface area contributed by atoms with Crippen LogP contribution >= 0.6 is 0 Å². The number of esters is 2. The first kappa shape index (κ1) is 26.6. The number of hydrogen-bond donors (Lipinski definition) is 0. The molecule has 0 fully saturated rings. The van der Waals surface area contributed by atoms with Crippen molar-refractivity contribution in [3.05, 3.63) is 54.6 Å². The standard InChI is InChI=1S/C29H40O4/c1-2-3-4-5-6-7-8-9-17-24-32-28(30)22-15-16-23-29(31)33-27-21-14-13-20-26(27)25-18-11-10-12-19-25/h10-14,18-21H,2-9,15-17,22-24H2,1H3. The van der Waals surface area contributed by atoms with Crippen LogP contribution in [-0.2, 0) is 14.3 Å². The van der Waals surface area contributed by atoms with Crippen molar-refractivity contribution in [1.29, 1.82) is 0 Å². The van der Waals surface area contributed by atoms with E-state index in [0.29, 0.717) is 31.6 Å². The highest BCUT2D eigenvalue weighted by Crippen LogP contribution is 2.29. The summed E-state index contributed by atoms with van der Waals surface area (Å²) in [5, 5.41) is 0. The van der Waals surface area contributed by atoms with Crippen molar-refractivity contribution in [2.75, 3.05) is 6.61 Å². The van der Waals surface area contributed by atoms with Crippen LogP contribution in [0.3, 0.4) is 0 Å². The van der Waals surface area contributed by atoms with Gasteiger partial charge in [-0.25, -0.2) is 0 Å². The fourth-order valence-electron chi connectivity index (χ4n) is 3.80. The van der Waals surface area contributed by atoms with Crippen molar-refractivity contribution in [2.45, 2.75) is 90.4 Å². The molecule has 0 atom stereocenters. The molecule has 0 heterocycles. The van der Waals surface area contributed by atoms with Crippen LogP contribution in [0.2, 0.25) is 0 Å². The Bertz CT molecular complexity index is 800. The summed E-state index contributed by atoms with van der Waals surface area (Å²) in [6.45, 7) is 2.75. The first-order chi connectivity index (χ1) is 16.2. The molecule has 0 aliphatic rings. The minimum absolute atomic E-state index is 0.169. The van der Waals surface area contributed by atoms with E-state index in [4.69, 9.17) is 9.47 Å². The molecular weight excluding hydrogens is 412 g/mol. The lowest BCUT2D eigenvalue weighted by molar-refractivity contribution is -0.144. The van der Waals surface area contributed by atoms with Gasteiger partial charge in [-0.3, -0.25) is 9.59 Å². The van der Waals surface area contributed by atoms with Crippen LogP contribution in [0, 0.1) is 0 Å². The summed E-state index contributed by atoms with van der Waals surface area (Å²) in [7, 11) is 0. The minimum Gasteiger partial charge on any atom is -0.466 e. The number of benzene rings is 2. The van der Waals surface area contributed by atoms with E-state index < -0.39 is 0 Å². The summed E-state index contributed by atoms with van der Waals surface area (Å²) in [5.41, 5.74) is 1.90. The van der Waals surface area contributed by atoms with E-state index in [2.05, 4.69) is 6.92 Å². The molecule has 2 aromatic rings. The molecule has 0 aliphatic carbocycles. The molecule has 4 heteroatoms. The van der Waals surface area contributed by atoms with E-state index >= 15 is 0 Å². The van der Waals surface area contributed by atoms with Gasteiger partial charge >= 0.3 is 11.9 Å². The number of carbonyl (C=O) groups is 2. The molecule has 0 bridgehead atoms. The second-order valence-corrected chi connectivity index (χ2v) is 8.59. The highest BCUT2D eigenvalue weighted by molar-refractivity contribution is 5.78. The molecule has 0 saturated heterocycles. The Balaban J connectivity index is 1.52. The van der Waals surface area contributed by atoms with Crippen LogP contribution < -0.4 is 4.74 Å². The zero-order chi connectivity index (χ0) is 23.6. The van der Waals surface area contributed by atoms with Crippen LogP contribution in [0.4, 0.5) is 0 Å². The largest absolute Gasteiger partial charge is 0.466 e. The van der Waals surface area contributed by atoms with Crippen molar-refractivity contribution < 1.29 is 19.1 Å². The van der Waals surface area contributed by atoms with E-state index in [9.17, 15) is 9.59 Å². The molecule has 0 spiro atoms. The van der Waals surface area contributed by atoms with E-state index in [0.717, 1.165) is 24.0 Å². The van der Waals surface area contributed by atoms with Gasteiger partial charge in [-0.05, 0) is 30.9 Å². The third kappa shape index (κ3) is 11.7. The van der Waals surface area contributed by atoms with Gasteiger partial charge in [0.1, 0.15) is 5.75 Å². The van der Waals surface area contributed by atoms with Gasteiger partial charge in [-0.2, -0.15) is 0 Å². The normalized spacial score (nSPS) is 10.7. The molecular formula is C29H40O4. The van der Waals surface area contributed by atoms with Crippen LogP contribution in [-0.4, -0.2) is 18.5 Å². The zero-order valence-electron chi connectivity index (χ0n) is 20.2. The van der Waals surface area contributed by atoms with E-state index in [-0.39, 0.29) is 18.4 Å². The Labute approximate surface area is 199 Å². The molecule has 0 aliphatic heterocycles. The SMILES string of the molecule is CCCCCCCCCCCOC(=O)CCCCC(=O)Oc1ccccc1-c1ccccc1. The first-order valence-corrected chi connectivity index (χ1v) is 12.7. The van der Waals surface area contributed by atoms with E-state index in [1.807, 2.05) is 54.6 Å². The summed E-state index contributed by atoms with van der Waals surface area (Å²) in [5.74, 6) is 0.118. The molecule has 0 unspecified atom stereocenters.